The lowest BCUT2D eigenvalue weighted by molar-refractivity contribution is -0.0239. The summed E-state index contributed by atoms with van der Waals surface area (Å²) in [5, 5.41) is 28.3. The number of aliphatic hydroxyl groups excluding tert-OH is 3. The average molecular weight is 500 g/mol. The van der Waals surface area contributed by atoms with Gasteiger partial charge in [-0.1, -0.05) is 0 Å². The van der Waals surface area contributed by atoms with Gasteiger partial charge in [0.15, 0.2) is 0 Å². The van der Waals surface area contributed by atoms with E-state index < -0.39 is 54.5 Å². The maximum atomic E-state index is 10.4. The Morgan fingerprint density at radius 2 is 1.47 bits per heavy atom. The molecule has 1 aliphatic rings. The van der Waals surface area contributed by atoms with Gasteiger partial charge in [0, 0.05) is 6.07 Å². The van der Waals surface area contributed by atoms with Crippen LogP contribution >= 0.6 is 23.5 Å². The van der Waals surface area contributed by atoms with Gasteiger partial charge in [0.25, 0.3) is 0 Å². The molecule has 30 heavy (non-hydrogen) atoms. The van der Waals surface area contributed by atoms with Crippen molar-refractivity contribution in [1.29, 1.82) is 0 Å². The van der Waals surface area contributed by atoms with E-state index in [4.69, 9.17) is 45.8 Å². The molecule has 0 amide bonds. The predicted molar refractivity (Wildman–Crippen MR) is 93.7 cm³/mol. The van der Waals surface area contributed by atoms with Gasteiger partial charge in [-0.3, -0.25) is 0 Å². The van der Waals surface area contributed by atoms with Crippen molar-refractivity contribution in [3.63, 3.8) is 0 Å². The minimum atomic E-state index is -5.46. The van der Waals surface area contributed by atoms with Crippen LogP contribution in [0.5, 0.6) is 0 Å². The third-order valence-electron chi connectivity index (χ3n) is 3.04. The molecule has 0 aliphatic carbocycles. The Bertz CT molecular complexity index is 826. The molecule has 174 valence electrons. The molecule has 1 aliphatic heterocycles. The van der Waals surface area contributed by atoms with Gasteiger partial charge in [-0.15, -0.1) is 0 Å². The molecule has 0 aromatic carbocycles. The summed E-state index contributed by atoms with van der Waals surface area (Å²) >= 11 is 0. The van der Waals surface area contributed by atoms with E-state index >= 15 is 0 Å². The number of nitrogens with zero attached hydrogens (tertiary/aromatic N) is 2. The molecule has 0 saturated carbocycles. The first-order valence-corrected chi connectivity index (χ1v) is 11.9. The van der Waals surface area contributed by atoms with Crippen molar-refractivity contribution in [2.75, 3.05) is 18.1 Å². The first kappa shape index (κ1) is 27.0. The summed E-state index contributed by atoms with van der Waals surface area (Å²) < 4.78 is 41.7. The van der Waals surface area contributed by atoms with Crippen LogP contribution in [-0.2, 0) is 27.1 Å². The molecule has 1 fully saturated rings. The maximum absolute atomic E-state index is 10.4. The average Bonchev–Trinajstić information content (AvgIpc) is 2.77. The van der Waals surface area contributed by atoms with Crippen LogP contribution in [0.4, 0.5) is 11.8 Å². The zero-order valence-electron chi connectivity index (χ0n) is 14.5. The summed E-state index contributed by atoms with van der Waals surface area (Å²) in [5.74, 6) is 0.1000. The second-order valence-electron chi connectivity index (χ2n) is 5.45. The van der Waals surface area contributed by atoms with Crippen LogP contribution in [0.2, 0.25) is 0 Å². The van der Waals surface area contributed by atoms with Gasteiger partial charge in [0.2, 0.25) is 5.95 Å². The summed E-state index contributed by atoms with van der Waals surface area (Å²) in [6.45, 7) is -0.398. The Hall–Kier alpha value is -1.07. The lowest BCUT2D eigenvalue weighted by Crippen LogP contribution is -2.32. The summed E-state index contributed by atoms with van der Waals surface area (Å²) in [7, 11) is -16.2. The largest absolute Gasteiger partial charge is 0.490 e. The smallest absolute Gasteiger partial charge is 0.394 e. The minimum Gasteiger partial charge on any atom is -0.394 e. The highest BCUT2D eigenvalue weighted by Crippen LogP contribution is 2.64. The van der Waals surface area contributed by atoms with Gasteiger partial charge in [0.05, 0.1) is 12.3 Å². The molecule has 0 spiro atoms. The molecule has 12 N–H and O–H groups in total. The highest BCUT2D eigenvalue weighted by Gasteiger charge is 2.44. The molecule has 0 radical (unpaired) electrons. The van der Waals surface area contributed by atoms with E-state index in [0.29, 0.717) is 0 Å². The topological polar surface area (TPSA) is 319 Å². The van der Waals surface area contributed by atoms with Crippen molar-refractivity contribution in [2.45, 2.75) is 24.4 Å². The number of ether oxygens (including phenoxy) is 1. The fraction of sp³-hybridized carbons (Fsp3) is 0.556. The van der Waals surface area contributed by atoms with Gasteiger partial charge in [-0.05, 0) is 0 Å². The van der Waals surface area contributed by atoms with E-state index in [-0.39, 0.29) is 17.5 Å². The third-order valence-corrected chi connectivity index (χ3v) is 6.39. The van der Waals surface area contributed by atoms with Crippen molar-refractivity contribution in [3.8, 4) is 0 Å². The molecule has 2 heterocycles. The molecule has 1 aromatic heterocycles. The van der Waals surface area contributed by atoms with Gasteiger partial charge >= 0.3 is 23.5 Å². The second kappa shape index (κ2) is 10.0. The minimum absolute atomic E-state index is 0.0438. The number of nitrogens with two attached hydrogens (primary N) is 2. The van der Waals surface area contributed by atoms with Gasteiger partial charge in [-0.2, -0.15) is 13.6 Å². The standard InChI is InChI=1S/C9H14N4O4.H5O10P3/c10-5-1-3(12-9(11)13-5)8-7(16)6(15)4(2-14)17-8;1-11(2,3)9-13(7,8)10-12(4,5)6/h1,4,6-8,14-16H,2H2,(H4,10,11,12,13);(H,7,8)(H2,1,2,3)(H2,4,5,6)/t4-,6-,7-,8+;/m1./s1. The summed E-state index contributed by atoms with van der Waals surface area (Å²) in [4.78, 5) is 47.8. The SMILES string of the molecule is Nc1cc([C@@H]2O[C@H](CO)[C@@H](O)[C@H]2O)nc(N)n1.O=P(O)(O)OP(=O)(O)OP(=O)(O)O. The Morgan fingerprint density at radius 3 is 1.83 bits per heavy atom. The van der Waals surface area contributed by atoms with Crippen LogP contribution in [0.1, 0.15) is 11.8 Å². The zero-order chi connectivity index (χ0) is 23.5. The number of anilines is 2. The lowest BCUT2D eigenvalue weighted by atomic mass is 10.1. The number of aromatic nitrogens is 2. The number of rotatable bonds is 6. The molecule has 18 nitrogen and oxygen atoms in total. The van der Waals surface area contributed by atoms with Crippen molar-refractivity contribution >= 4 is 35.2 Å². The maximum Gasteiger partial charge on any atom is 0.490 e. The van der Waals surface area contributed by atoms with Crippen LogP contribution in [0.15, 0.2) is 6.07 Å². The first-order valence-electron chi connectivity index (χ1n) is 7.33. The van der Waals surface area contributed by atoms with Crippen LogP contribution in [0, 0.1) is 0 Å². The number of phosphoric acid groups is 3. The lowest BCUT2D eigenvalue weighted by Gasteiger charge is -2.14. The second-order valence-corrected chi connectivity index (χ2v) is 9.65. The number of hydrogen-bond acceptors (Lipinski definition) is 13. The number of aliphatic hydroxyl groups is 3. The van der Waals surface area contributed by atoms with E-state index in [0.717, 1.165) is 0 Å². The Balaban J connectivity index is 0.000000314. The molecule has 2 rings (SSSR count). The predicted octanol–water partition coefficient (Wildman–Crippen LogP) is -2.90. The van der Waals surface area contributed by atoms with Crippen molar-refractivity contribution < 1.29 is 66.8 Å². The zero-order valence-corrected chi connectivity index (χ0v) is 17.2. The Labute approximate surface area is 167 Å². The Morgan fingerprint density at radius 1 is 0.967 bits per heavy atom. The van der Waals surface area contributed by atoms with Gasteiger partial charge in [0.1, 0.15) is 30.2 Å². The molecular weight excluding hydrogens is 481 g/mol. The monoisotopic (exact) mass is 500 g/mol. The van der Waals surface area contributed by atoms with E-state index in [1.165, 1.54) is 6.07 Å². The summed E-state index contributed by atoms with van der Waals surface area (Å²) in [6.07, 6.45) is -4.11. The normalized spacial score (nSPS) is 24.9. The van der Waals surface area contributed by atoms with Crippen LogP contribution < -0.4 is 11.5 Å². The molecule has 0 bridgehead atoms. The van der Waals surface area contributed by atoms with Gasteiger partial charge < -0.3 is 56.0 Å². The number of hydrogen-bond donors (Lipinski definition) is 10. The van der Waals surface area contributed by atoms with E-state index in [1.54, 1.807) is 0 Å². The molecule has 21 heteroatoms. The Kier molecular flexibility index (Phi) is 9.02. The van der Waals surface area contributed by atoms with Gasteiger partial charge in [-0.25, -0.2) is 18.7 Å². The highest BCUT2D eigenvalue weighted by molar-refractivity contribution is 7.66. The third kappa shape index (κ3) is 8.97. The molecular formula is C9H19N4O14P3. The van der Waals surface area contributed by atoms with E-state index in [9.17, 15) is 23.9 Å². The molecule has 0 unspecified atom stereocenters. The van der Waals surface area contributed by atoms with Crippen molar-refractivity contribution in [2.24, 2.45) is 0 Å². The van der Waals surface area contributed by atoms with Crippen LogP contribution in [0.3, 0.4) is 0 Å². The first-order chi connectivity index (χ1) is 13.4. The highest BCUT2D eigenvalue weighted by atomic mass is 31.3. The van der Waals surface area contributed by atoms with Crippen LogP contribution in [-0.4, -0.2) is 74.7 Å². The molecule has 1 saturated heterocycles. The number of nitrogen functional groups attached to an aromatic ring is 2. The van der Waals surface area contributed by atoms with Crippen molar-refractivity contribution in [3.05, 3.63) is 11.8 Å². The summed E-state index contributed by atoms with van der Waals surface area (Å²) in [6, 6.07) is 1.40. The van der Waals surface area contributed by atoms with Crippen molar-refractivity contribution in [1.82, 2.24) is 9.97 Å². The van der Waals surface area contributed by atoms with Crippen LogP contribution in [0.25, 0.3) is 0 Å². The fourth-order valence-corrected chi connectivity index (χ4v) is 4.62. The quantitative estimate of drug-likeness (QED) is 0.175. The van der Waals surface area contributed by atoms with E-state index in [2.05, 4.69) is 18.6 Å². The molecule has 4 atom stereocenters. The van der Waals surface area contributed by atoms with E-state index in [1.807, 2.05) is 0 Å². The molecule has 1 aromatic rings. The fourth-order valence-electron chi connectivity index (χ4n) is 2.08. The summed E-state index contributed by atoms with van der Waals surface area (Å²) in [5.41, 5.74) is 11.2.